The summed E-state index contributed by atoms with van der Waals surface area (Å²) in [6, 6.07) is 19.5. The monoisotopic (exact) mass is 489 g/mol. The van der Waals surface area contributed by atoms with Crippen LogP contribution in [0.5, 0.6) is 0 Å². The summed E-state index contributed by atoms with van der Waals surface area (Å²) >= 11 is 0. The SMILES string of the molecule is C.O=C1/C(=C/C2=C([O-])c3ccc4ccccc4c3S2(=O)=O)S(=O)(=O)c2c1ccc1ccccc21. The maximum Gasteiger partial charge on any atom is 0.211 e. The molecule has 6 nitrogen and oxygen atoms in total. The number of allylic oxidation sites excluding steroid dienone is 2. The van der Waals surface area contributed by atoms with E-state index in [0.29, 0.717) is 21.5 Å². The quantitative estimate of drug-likeness (QED) is 0.374. The second kappa shape index (κ2) is 7.12. The lowest BCUT2D eigenvalue weighted by molar-refractivity contribution is -0.244. The zero-order valence-electron chi connectivity index (χ0n) is 16.8. The predicted octanol–water partition coefficient (Wildman–Crippen LogP) is 4.00. The maximum absolute atomic E-state index is 13.4. The van der Waals surface area contributed by atoms with Gasteiger partial charge in [0.15, 0.2) is 0 Å². The smallest absolute Gasteiger partial charge is 0.211 e. The average Bonchev–Trinajstić information content (AvgIpc) is 3.13. The molecule has 0 saturated carbocycles. The Morgan fingerprint density at radius 3 is 1.74 bits per heavy atom. The Morgan fingerprint density at radius 2 is 1.15 bits per heavy atom. The molecule has 0 bridgehead atoms. The minimum Gasteiger partial charge on any atom is -0.871 e. The van der Waals surface area contributed by atoms with Crippen LogP contribution in [0.2, 0.25) is 0 Å². The highest BCUT2D eigenvalue weighted by atomic mass is 32.2. The number of hydrogen-bond donors (Lipinski definition) is 0. The summed E-state index contributed by atoms with van der Waals surface area (Å²) in [7, 11) is -8.68. The van der Waals surface area contributed by atoms with Gasteiger partial charge < -0.3 is 5.11 Å². The molecule has 2 aliphatic rings. The van der Waals surface area contributed by atoms with E-state index in [9.17, 15) is 26.7 Å². The van der Waals surface area contributed by atoms with Gasteiger partial charge in [-0.3, -0.25) is 4.79 Å². The second-order valence-electron chi connectivity index (χ2n) is 7.86. The summed E-state index contributed by atoms with van der Waals surface area (Å²) in [5.41, 5.74) is -0.0716. The number of benzene rings is 4. The number of rotatable bonds is 1. The van der Waals surface area contributed by atoms with Crippen molar-refractivity contribution in [3.05, 3.63) is 99.8 Å². The Balaban J connectivity index is 0.00000241. The van der Waals surface area contributed by atoms with E-state index in [2.05, 4.69) is 0 Å². The lowest BCUT2D eigenvalue weighted by atomic mass is 10.0. The molecule has 0 unspecified atom stereocenters. The van der Waals surface area contributed by atoms with Gasteiger partial charge in [0.1, 0.15) is 4.91 Å². The third kappa shape index (κ3) is 2.69. The zero-order valence-corrected chi connectivity index (χ0v) is 18.4. The molecule has 0 fully saturated rings. The van der Waals surface area contributed by atoms with Crippen LogP contribution in [0, 0.1) is 0 Å². The Morgan fingerprint density at radius 1 is 0.647 bits per heavy atom. The molecule has 2 heterocycles. The van der Waals surface area contributed by atoms with Crippen LogP contribution in [-0.4, -0.2) is 22.6 Å². The first-order valence-corrected chi connectivity index (χ1v) is 12.9. The number of Topliss-reactive ketones (excluding diaryl/α,β-unsaturated/α-hetero) is 1. The second-order valence-corrected chi connectivity index (χ2v) is 11.6. The Bertz CT molecular complexity index is 1860. The van der Waals surface area contributed by atoms with E-state index in [4.69, 9.17) is 0 Å². The molecule has 0 atom stereocenters. The van der Waals surface area contributed by atoms with Gasteiger partial charge in [-0.15, -0.1) is 0 Å². The Kier molecular flexibility index (Phi) is 4.62. The van der Waals surface area contributed by atoms with E-state index in [1.54, 1.807) is 60.7 Å². The van der Waals surface area contributed by atoms with Gasteiger partial charge >= 0.3 is 0 Å². The van der Waals surface area contributed by atoms with E-state index < -0.39 is 41.0 Å². The van der Waals surface area contributed by atoms with Crippen molar-refractivity contribution in [2.45, 2.75) is 17.2 Å². The molecule has 8 heteroatoms. The van der Waals surface area contributed by atoms with Gasteiger partial charge in [0.05, 0.1) is 14.7 Å². The van der Waals surface area contributed by atoms with Crippen molar-refractivity contribution in [1.82, 2.24) is 0 Å². The van der Waals surface area contributed by atoms with Crippen LogP contribution in [0.1, 0.15) is 23.3 Å². The van der Waals surface area contributed by atoms with E-state index in [0.717, 1.165) is 6.08 Å². The molecule has 2 aliphatic heterocycles. The maximum atomic E-state index is 13.4. The van der Waals surface area contributed by atoms with Gasteiger partial charge in [0.25, 0.3) is 0 Å². The minimum atomic E-state index is -4.34. The Hall–Kier alpha value is -3.75. The fraction of sp³-hybridized carbons (Fsp3) is 0.0385. The summed E-state index contributed by atoms with van der Waals surface area (Å²) in [5.74, 6) is -1.65. The number of carbonyl (C=O) groups excluding carboxylic acids is 1. The highest BCUT2D eigenvalue weighted by Gasteiger charge is 2.42. The molecule has 0 radical (unpaired) electrons. The van der Waals surface area contributed by atoms with Gasteiger partial charge in [-0.2, -0.15) is 0 Å². The van der Waals surface area contributed by atoms with Gasteiger partial charge in [0, 0.05) is 16.3 Å². The molecule has 4 aromatic rings. The van der Waals surface area contributed by atoms with E-state index in [-0.39, 0.29) is 28.3 Å². The topological polar surface area (TPSA) is 108 Å². The molecular formula is C26H17O6S2-. The van der Waals surface area contributed by atoms with Crippen molar-refractivity contribution in [1.29, 1.82) is 0 Å². The molecule has 4 aromatic carbocycles. The first kappa shape index (κ1) is 22.1. The van der Waals surface area contributed by atoms with Crippen LogP contribution >= 0.6 is 0 Å². The molecule has 0 N–H and O–H groups in total. The standard InChI is InChI=1S/C25H14O6S2.CH4/c26-22-18-11-9-14-5-1-3-7-16(14)24(18)32(28,29)20(22)13-21-23(27)19-12-10-15-6-2-4-8-17(15)25(19)33(21,30)31;/h1-13,26H;1H4/p-1/b21-13-;. The minimum absolute atomic E-state index is 0. The van der Waals surface area contributed by atoms with Crippen LogP contribution < -0.4 is 5.11 Å². The van der Waals surface area contributed by atoms with Crippen molar-refractivity contribution < 1.29 is 26.7 Å². The predicted molar refractivity (Wildman–Crippen MR) is 128 cm³/mol. The van der Waals surface area contributed by atoms with Gasteiger partial charge in [-0.1, -0.05) is 79.9 Å². The van der Waals surface area contributed by atoms with Crippen LogP contribution in [0.4, 0.5) is 0 Å². The Labute approximate surface area is 196 Å². The van der Waals surface area contributed by atoms with Crippen molar-refractivity contribution in [3.8, 4) is 0 Å². The number of ketones is 1. The van der Waals surface area contributed by atoms with Crippen LogP contribution in [-0.2, 0) is 19.7 Å². The molecule has 0 saturated heterocycles. The summed E-state index contributed by atoms with van der Waals surface area (Å²) in [6.45, 7) is 0. The average molecular weight is 490 g/mol. The molecular weight excluding hydrogens is 472 g/mol. The lowest BCUT2D eigenvalue weighted by Crippen LogP contribution is -2.08. The van der Waals surface area contributed by atoms with Gasteiger partial charge in [-0.05, 0) is 28.5 Å². The normalized spacial score (nSPS) is 18.8. The summed E-state index contributed by atoms with van der Waals surface area (Å²) in [4.78, 5) is 11.3. The van der Waals surface area contributed by atoms with E-state index in [1.165, 1.54) is 12.1 Å². The van der Waals surface area contributed by atoms with Gasteiger partial charge in [-0.25, -0.2) is 16.8 Å². The third-order valence-electron chi connectivity index (χ3n) is 6.07. The summed E-state index contributed by atoms with van der Waals surface area (Å²) < 4.78 is 53.6. The fourth-order valence-electron chi connectivity index (χ4n) is 4.56. The van der Waals surface area contributed by atoms with Crippen LogP contribution in [0.15, 0.2) is 98.5 Å². The van der Waals surface area contributed by atoms with Crippen molar-refractivity contribution in [2.24, 2.45) is 0 Å². The molecule has 0 aliphatic carbocycles. The van der Waals surface area contributed by atoms with Crippen molar-refractivity contribution >= 4 is 52.8 Å². The highest BCUT2D eigenvalue weighted by Crippen LogP contribution is 2.44. The van der Waals surface area contributed by atoms with Crippen molar-refractivity contribution in [2.75, 3.05) is 0 Å². The largest absolute Gasteiger partial charge is 0.871 e. The molecule has 34 heavy (non-hydrogen) atoms. The number of carbonyl (C=O) groups is 1. The van der Waals surface area contributed by atoms with Crippen LogP contribution in [0.25, 0.3) is 27.3 Å². The van der Waals surface area contributed by atoms with Gasteiger partial charge in [0.2, 0.25) is 25.5 Å². The first-order valence-electron chi connectivity index (χ1n) is 9.94. The molecule has 0 spiro atoms. The summed E-state index contributed by atoms with van der Waals surface area (Å²) in [5, 5.41) is 15.1. The van der Waals surface area contributed by atoms with Crippen LogP contribution in [0.3, 0.4) is 0 Å². The third-order valence-corrected chi connectivity index (χ3v) is 9.79. The molecule has 170 valence electrons. The highest BCUT2D eigenvalue weighted by molar-refractivity contribution is 7.98. The number of hydrogen-bond acceptors (Lipinski definition) is 6. The number of fused-ring (bicyclic) bond motifs is 6. The fourth-order valence-corrected chi connectivity index (χ4v) is 8.18. The number of sulfone groups is 2. The first-order chi connectivity index (χ1) is 15.7. The van der Waals surface area contributed by atoms with Crippen molar-refractivity contribution in [3.63, 3.8) is 0 Å². The van der Waals surface area contributed by atoms with E-state index >= 15 is 0 Å². The lowest BCUT2D eigenvalue weighted by Gasteiger charge is -2.09. The molecule has 0 amide bonds. The summed E-state index contributed by atoms with van der Waals surface area (Å²) in [6.07, 6.45) is 0.735. The molecule has 0 aromatic heterocycles. The zero-order chi connectivity index (χ0) is 23.1. The molecule has 6 rings (SSSR count). The van der Waals surface area contributed by atoms with E-state index in [1.807, 2.05) is 0 Å².